The molecular weight excluding hydrogens is 483 g/mol. The van der Waals surface area contributed by atoms with Crippen LogP contribution in [0.2, 0.25) is 0 Å². The lowest BCUT2D eigenvalue weighted by Crippen LogP contribution is -2.39. The minimum Gasteiger partial charge on any atom is -0.444 e. The SMILES string of the molecule is CN=C(NCCCNC(=O)OC(C)(C)C)NCc1ccn(-c2ccccc2)n1.I. The summed E-state index contributed by atoms with van der Waals surface area (Å²) < 4.78 is 7.04. The van der Waals surface area contributed by atoms with Crippen LogP contribution >= 0.6 is 24.0 Å². The second-order valence-corrected chi connectivity index (χ2v) is 7.22. The highest BCUT2D eigenvalue weighted by Gasteiger charge is 2.15. The van der Waals surface area contributed by atoms with Crippen LogP contribution in [0.5, 0.6) is 0 Å². The summed E-state index contributed by atoms with van der Waals surface area (Å²) in [5.74, 6) is 0.687. The fourth-order valence-electron chi connectivity index (χ4n) is 2.38. The van der Waals surface area contributed by atoms with Gasteiger partial charge in [0.05, 0.1) is 17.9 Å². The van der Waals surface area contributed by atoms with Crippen molar-refractivity contribution in [1.82, 2.24) is 25.7 Å². The molecule has 1 aromatic carbocycles. The summed E-state index contributed by atoms with van der Waals surface area (Å²) in [4.78, 5) is 15.8. The van der Waals surface area contributed by atoms with Gasteiger partial charge in [-0.15, -0.1) is 24.0 Å². The molecule has 0 bridgehead atoms. The zero-order chi connectivity index (χ0) is 20.4. The van der Waals surface area contributed by atoms with Crippen molar-refractivity contribution in [2.24, 2.45) is 4.99 Å². The van der Waals surface area contributed by atoms with Crippen LogP contribution in [0.15, 0.2) is 47.6 Å². The molecule has 0 aliphatic rings. The third kappa shape index (κ3) is 9.64. The van der Waals surface area contributed by atoms with Crippen LogP contribution in [-0.4, -0.2) is 47.6 Å². The van der Waals surface area contributed by atoms with E-state index < -0.39 is 11.7 Å². The molecule has 0 fully saturated rings. The van der Waals surface area contributed by atoms with Gasteiger partial charge in [0, 0.05) is 26.3 Å². The molecule has 160 valence electrons. The zero-order valence-corrected chi connectivity index (χ0v) is 19.8. The van der Waals surface area contributed by atoms with Crippen LogP contribution in [0.4, 0.5) is 4.79 Å². The van der Waals surface area contributed by atoms with Gasteiger partial charge < -0.3 is 20.7 Å². The van der Waals surface area contributed by atoms with E-state index in [1.807, 2.05) is 68.0 Å². The summed E-state index contributed by atoms with van der Waals surface area (Å²) >= 11 is 0. The van der Waals surface area contributed by atoms with E-state index in [1.54, 1.807) is 7.05 Å². The van der Waals surface area contributed by atoms with E-state index in [4.69, 9.17) is 4.74 Å². The van der Waals surface area contributed by atoms with Crippen LogP contribution in [0.3, 0.4) is 0 Å². The fourth-order valence-corrected chi connectivity index (χ4v) is 2.38. The largest absolute Gasteiger partial charge is 0.444 e. The van der Waals surface area contributed by atoms with E-state index >= 15 is 0 Å². The monoisotopic (exact) mass is 514 g/mol. The molecule has 2 rings (SSSR count). The third-order valence-corrected chi connectivity index (χ3v) is 3.64. The van der Waals surface area contributed by atoms with Crippen molar-refractivity contribution in [3.63, 3.8) is 0 Å². The smallest absolute Gasteiger partial charge is 0.407 e. The van der Waals surface area contributed by atoms with Gasteiger partial charge in [-0.25, -0.2) is 9.48 Å². The second kappa shape index (κ2) is 12.3. The molecule has 1 aromatic heterocycles. The Bertz CT molecular complexity index is 771. The standard InChI is InChI=1S/C20H30N6O2.HI/c1-20(2,3)28-19(27)23-13-8-12-22-18(21-4)24-15-16-11-14-26(25-16)17-9-6-5-7-10-17;/h5-7,9-11,14H,8,12-13,15H2,1-4H3,(H,23,27)(H2,21,22,24);1H. The molecule has 0 atom stereocenters. The number of ether oxygens (including phenoxy) is 1. The molecule has 9 heteroatoms. The lowest BCUT2D eigenvalue weighted by Gasteiger charge is -2.19. The number of carbonyl (C=O) groups excluding carboxylic acids is 1. The van der Waals surface area contributed by atoms with Crippen LogP contribution in [0.1, 0.15) is 32.9 Å². The van der Waals surface area contributed by atoms with Crippen molar-refractivity contribution < 1.29 is 9.53 Å². The lowest BCUT2D eigenvalue weighted by atomic mass is 10.2. The maximum absolute atomic E-state index is 11.6. The quantitative estimate of drug-likeness (QED) is 0.229. The van der Waals surface area contributed by atoms with Crippen LogP contribution in [0.25, 0.3) is 5.69 Å². The molecule has 3 N–H and O–H groups in total. The molecule has 8 nitrogen and oxygen atoms in total. The molecule has 0 saturated carbocycles. The average Bonchev–Trinajstić information content (AvgIpc) is 3.12. The van der Waals surface area contributed by atoms with Crippen molar-refractivity contribution >= 4 is 36.0 Å². The van der Waals surface area contributed by atoms with Gasteiger partial charge in [-0.05, 0) is 45.4 Å². The highest BCUT2D eigenvalue weighted by atomic mass is 127. The highest BCUT2D eigenvalue weighted by molar-refractivity contribution is 14.0. The number of halogens is 1. The molecule has 1 heterocycles. The first kappa shape index (κ1) is 24.7. The lowest BCUT2D eigenvalue weighted by molar-refractivity contribution is 0.0527. The number of alkyl carbamates (subject to hydrolysis) is 1. The maximum Gasteiger partial charge on any atom is 0.407 e. The van der Waals surface area contributed by atoms with Crippen LogP contribution < -0.4 is 16.0 Å². The molecule has 0 saturated heterocycles. The van der Waals surface area contributed by atoms with Gasteiger partial charge >= 0.3 is 6.09 Å². The predicted molar refractivity (Wildman–Crippen MR) is 126 cm³/mol. The minimum absolute atomic E-state index is 0. The Labute approximate surface area is 189 Å². The van der Waals surface area contributed by atoms with Gasteiger partial charge in [0.25, 0.3) is 0 Å². The summed E-state index contributed by atoms with van der Waals surface area (Å²) in [5, 5.41) is 13.7. The number of guanidine groups is 1. The Morgan fingerprint density at radius 2 is 1.79 bits per heavy atom. The van der Waals surface area contributed by atoms with Crippen molar-refractivity contribution in [1.29, 1.82) is 0 Å². The number of para-hydroxylation sites is 1. The van der Waals surface area contributed by atoms with Crippen molar-refractivity contribution in [2.75, 3.05) is 20.1 Å². The number of rotatable bonds is 7. The van der Waals surface area contributed by atoms with Crippen molar-refractivity contribution in [2.45, 2.75) is 39.3 Å². The number of amides is 1. The predicted octanol–water partition coefficient (Wildman–Crippen LogP) is 3.07. The van der Waals surface area contributed by atoms with Gasteiger partial charge in [0.15, 0.2) is 5.96 Å². The number of hydrogen-bond acceptors (Lipinski definition) is 4. The van der Waals surface area contributed by atoms with E-state index in [2.05, 4.69) is 26.0 Å². The number of aliphatic imine (C=N–C) groups is 1. The molecule has 0 aliphatic heterocycles. The first-order valence-corrected chi connectivity index (χ1v) is 9.39. The summed E-state index contributed by atoms with van der Waals surface area (Å²) in [6.07, 6.45) is 2.29. The van der Waals surface area contributed by atoms with E-state index in [9.17, 15) is 4.79 Å². The molecular formula is C20H31IN6O2. The number of aromatic nitrogens is 2. The Kier molecular flexibility index (Phi) is 10.5. The Balaban J connectivity index is 0.00000420. The number of hydrogen-bond donors (Lipinski definition) is 3. The zero-order valence-electron chi connectivity index (χ0n) is 17.4. The fraction of sp³-hybridized carbons (Fsp3) is 0.450. The third-order valence-electron chi connectivity index (χ3n) is 3.64. The van der Waals surface area contributed by atoms with Gasteiger partial charge in [0.1, 0.15) is 5.60 Å². The number of carbonyl (C=O) groups is 1. The van der Waals surface area contributed by atoms with Gasteiger partial charge in [-0.1, -0.05) is 18.2 Å². The molecule has 1 amide bonds. The summed E-state index contributed by atoms with van der Waals surface area (Å²) in [5.41, 5.74) is 1.45. The summed E-state index contributed by atoms with van der Waals surface area (Å²) in [6, 6.07) is 11.9. The first-order chi connectivity index (χ1) is 13.4. The Morgan fingerprint density at radius 3 is 2.45 bits per heavy atom. The van der Waals surface area contributed by atoms with E-state index in [0.29, 0.717) is 25.6 Å². The highest BCUT2D eigenvalue weighted by Crippen LogP contribution is 2.07. The molecule has 0 radical (unpaired) electrons. The molecule has 0 aliphatic carbocycles. The van der Waals surface area contributed by atoms with Crippen LogP contribution in [-0.2, 0) is 11.3 Å². The number of nitrogens with one attached hydrogen (secondary N) is 3. The maximum atomic E-state index is 11.6. The molecule has 29 heavy (non-hydrogen) atoms. The average molecular weight is 514 g/mol. The second-order valence-electron chi connectivity index (χ2n) is 7.22. The Hall–Kier alpha value is -2.30. The van der Waals surface area contributed by atoms with Gasteiger partial charge in [0.2, 0.25) is 0 Å². The molecule has 0 spiro atoms. The minimum atomic E-state index is -0.484. The molecule has 2 aromatic rings. The number of benzene rings is 1. The van der Waals surface area contributed by atoms with Gasteiger partial charge in [-0.2, -0.15) is 5.10 Å². The summed E-state index contributed by atoms with van der Waals surface area (Å²) in [6.45, 7) is 7.29. The molecule has 0 unspecified atom stereocenters. The first-order valence-electron chi connectivity index (χ1n) is 9.39. The Morgan fingerprint density at radius 1 is 1.10 bits per heavy atom. The normalized spacial score (nSPS) is 11.4. The summed E-state index contributed by atoms with van der Waals surface area (Å²) in [7, 11) is 1.72. The van der Waals surface area contributed by atoms with E-state index in [0.717, 1.165) is 17.8 Å². The van der Waals surface area contributed by atoms with Crippen LogP contribution in [0, 0.1) is 0 Å². The number of nitrogens with zero attached hydrogens (tertiary/aromatic N) is 3. The van der Waals surface area contributed by atoms with Crippen molar-refractivity contribution in [3.05, 3.63) is 48.3 Å². The van der Waals surface area contributed by atoms with Gasteiger partial charge in [-0.3, -0.25) is 4.99 Å². The van der Waals surface area contributed by atoms with E-state index in [1.165, 1.54) is 0 Å². The van der Waals surface area contributed by atoms with E-state index in [-0.39, 0.29) is 24.0 Å². The van der Waals surface area contributed by atoms with Crippen molar-refractivity contribution in [3.8, 4) is 5.69 Å². The topological polar surface area (TPSA) is 92.6 Å².